The summed E-state index contributed by atoms with van der Waals surface area (Å²) in [5.41, 5.74) is 0.658. The minimum atomic E-state index is -1.12. The molecule has 10 nitrogen and oxygen atoms in total. The number of hydrogen-bond acceptors (Lipinski definition) is 9. The number of aromatic nitrogens is 1. The number of carboxylic acids is 1. The first-order valence-electron chi connectivity index (χ1n) is 10.9. The molecule has 0 aromatic carbocycles. The molecule has 2 unspecified atom stereocenters. The molecule has 2 amide bonds. The number of β-lactam (4-membered cyclic amide) rings is 1. The van der Waals surface area contributed by atoms with Crippen molar-refractivity contribution in [1.29, 1.82) is 0 Å². The van der Waals surface area contributed by atoms with Gasteiger partial charge in [-0.2, -0.15) is 4.98 Å². The van der Waals surface area contributed by atoms with E-state index in [0.29, 0.717) is 34.6 Å². The van der Waals surface area contributed by atoms with Gasteiger partial charge in [0.05, 0.1) is 29.5 Å². The number of rotatable bonds is 8. The number of fused-ring (bicyclic) bond motifs is 1. The third kappa shape index (κ3) is 3.79. The molecule has 34 heavy (non-hydrogen) atoms. The summed E-state index contributed by atoms with van der Waals surface area (Å²) in [6, 6.07) is 3.72. The fourth-order valence-electron chi connectivity index (χ4n) is 4.72. The van der Waals surface area contributed by atoms with Crippen LogP contribution in [0.5, 0.6) is 0 Å². The standard InChI is InChI=1S/C22H24N4O6S2/c1-10-16-15(11(2)27)20(29)26(16)17(21(30)31)18(10)34-13-7-25(8-13)22-24-12(9-32-22)6-23-19(28)14-4-3-5-33-14/h3-5,9-11,13,15-16,27H,6-8H2,1-2H3,(H,23,28)(H,30,31)/t10-,11-,15?,16?/m1/s1. The first-order chi connectivity index (χ1) is 16.3. The van der Waals surface area contributed by atoms with Crippen LogP contribution in [0, 0.1) is 11.8 Å². The van der Waals surface area contributed by atoms with Crippen LogP contribution in [-0.2, 0) is 16.1 Å². The zero-order chi connectivity index (χ0) is 24.1. The molecular weight excluding hydrogens is 480 g/mol. The number of aliphatic carboxylic acids is 1. The number of hydrogen-bond donors (Lipinski definition) is 3. The van der Waals surface area contributed by atoms with Crippen molar-refractivity contribution in [2.45, 2.75) is 37.8 Å². The summed E-state index contributed by atoms with van der Waals surface area (Å²) >= 11 is 2.84. The second-order valence-electron chi connectivity index (χ2n) is 8.70. The lowest BCUT2D eigenvalue weighted by Crippen LogP contribution is -2.63. The number of aliphatic hydroxyl groups excluding tert-OH is 1. The first-order valence-corrected chi connectivity index (χ1v) is 12.7. The highest BCUT2D eigenvalue weighted by atomic mass is 32.2. The van der Waals surface area contributed by atoms with E-state index in [1.807, 2.05) is 23.3 Å². The number of nitrogens with zero attached hydrogens (tertiary/aromatic N) is 3. The molecule has 3 aliphatic heterocycles. The van der Waals surface area contributed by atoms with Gasteiger partial charge in [-0.3, -0.25) is 9.59 Å². The lowest BCUT2D eigenvalue weighted by atomic mass is 9.79. The fraction of sp³-hybridized carbons (Fsp3) is 0.455. The minimum Gasteiger partial charge on any atom is -0.477 e. The summed E-state index contributed by atoms with van der Waals surface area (Å²) in [7, 11) is 0. The largest absolute Gasteiger partial charge is 0.477 e. The van der Waals surface area contributed by atoms with Gasteiger partial charge in [0, 0.05) is 29.2 Å². The summed E-state index contributed by atoms with van der Waals surface area (Å²) in [6.45, 7) is 4.98. The van der Waals surface area contributed by atoms with Crippen molar-refractivity contribution in [3.8, 4) is 0 Å². The lowest BCUT2D eigenvalue weighted by Gasteiger charge is -2.46. The number of amides is 2. The van der Waals surface area contributed by atoms with E-state index in [2.05, 4.69) is 10.3 Å². The van der Waals surface area contributed by atoms with Crippen LogP contribution in [0.25, 0.3) is 0 Å². The third-order valence-electron chi connectivity index (χ3n) is 6.44. The number of carboxylic acid groups (broad SMARTS) is 1. The summed E-state index contributed by atoms with van der Waals surface area (Å²) in [6.07, 6.45) is 0.700. The van der Waals surface area contributed by atoms with E-state index >= 15 is 0 Å². The van der Waals surface area contributed by atoms with Crippen LogP contribution >= 0.6 is 23.1 Å². The Morgan fingerprint density at radius 2 is 2.18 bits per heavy atom. The molecule has 2 aromatic rings. The van der Waals surface area contributed by atoms with Gasteiger partial charge in [0.2, 0.25) is 5.91 Å². The molecule has 180 valence electrons. The van der Waals surface area contributed by atoms with Crippen LogP contribution < -0.4 is 10.2 Å². The van der Waals surface area contributed by atoms with Gasteiger partial charge in [0.25, 0.3) is 11.9 Å². The number of aliphatic hydroxyl groups is 1. The Hall–Kier alpha value is -2.83. The third-order valence-corrected chi connectivity index (χ3v) is 8.76. The molecule has 2 saturated heterocycles. The summed E-state index contributed by atoms with van der Waals surface area (Å²) in [4.78, 5) is 45.5. The molecule has 2 fully saturated rings. The number of nitrogens with one attached hydrogen (secondary N) is 1. The maximum atomic E-state index is 12.5. The topological polar surface area (TPSA) is 136 Å². The number of oxazole rings is 1. The van der Waals surface area contributed by atoms with Gasteiger partial charge < -0.3 is 29.7 Å². The lowest BCUT2D eigenvalue weighted by molar-refractivity contribution is -0.163. The normalized spacial score (nSPS) is 25.1. The Morgan fingerprint density at radius 3 is 2.82 bits per heavy atom. The Labute approximate surface area is 203 Å². The average molecular weight is 505 g/mol. The molecule has 0 bridgehead atoms. The Kier molecular flexibility index (Phi) is 5.90. The highest BCUT2D eigenvalue weighted by Gasteiger charge is 2.60. The summed E-state index contributed by atoms with van der Waals surface area (Å²) in [5, 5.41) is 24.5. The summed E-state index contributed by atoms with van der Waals surface area (Å²) < 4.78 is 5.56. The van der Waals surface area contributed by atoms with Crippen LogP contribution in [0.15, 0.2) is 38.8 Å². The van der Waals surface area contributed by atoms with Crippen molar-refractivity contribution in [1.82, 2.24) is 15.2 Å². The second-order valence-corrected chi connectivity index (χ2v) is 11.0. The molecule has 3 N–H and O–H groups in total. The van der Waals surface area contributed by atoms with Gasteiger partial charge >= 0.3 is 5.97 Å². The van der Waals surface area contributed by atoms with Gasteiger partial charge in [-0.15, -0.1) is 23.1 Å². The zero-order valence-electron chi connectivity index (χ0n) is 18.5. The van der Waals surface area contributed by atoms with E-state index in [-0.39, 0.29) is 41.3 Å². The number of anilines is 1. The van der Waals surface area contributed by atoms with Crippen molar-refractivity contribution >= 4 is 46.9 Å². The van der Waals surface area contributed by atoms with E-state index in [0.717, 1.165) is 0 Å². The quantitative estimate of drug-likeness (QED) is 0.459. The van der Waals surface area contributed by atoms with Gasteiger partial charge in [0.15, 0.2) is 0 Å². The molecule has 4 atom stereocenters. The monoisotopic (exact) mass is 504 g/mol. The van der Waals surface area contributed by atoms with Crippen LogP contribution in [0.3, 0.4) is 0 Å². The van der Waals surface area contributed by atoms with Crippen molar-refractivity contribution in [2.24, 2.45) is 11.8 Å². The fourth-order valence-corrected chi connectivity index (χ4v) is 6.88. The van der Waals surface area contributed by atoms with Gasteiger partial charge in [0.1, 0.15) is 17.7 Å². The van der Waals surface area contributed by atoms with E-state index in [1.54, 1.807) is 13.0 Å². The Morgan fingerprint density at radius 1 is 1.41 bits per heavy atom. The highest BCUT2D eigenvalue weighted by molar-refractivity contribution is 8.03. The molecular formula is C22H24N4O6S2. The zero-order valence-corrected chi connectivity index (χ0v) is 20.1. The van der Waals surface area contributed by atoms with Crippen LogP contribution in [-0.4, -0.2) is 68.4 Å². The first kappa shape index (κ1) is 22.9. The maximum Gasteiger partial charge on any atom is 0.353 e. The highest BCUT2D eigenvalue weighted by Crippen LogP contribution is 2.52. The molecule has 0 radical (unpaired) electrons. The van der Waals surface area contributed by atoms with Crippen LogP contribution in [0.1, 0.15) is 29.2 Å². The number of carbonyl (C=O) groups is 3. The van der Waals surface area contributed by atoms with E-state index < -0.39 is 18.0 Å². The SMILES string of the molecule is C[C@@H](O)C1C(=O)N2C(C(=O)O)=C(SC3CN(c4nc(CNC(=O)c5cccs5)co4)C3)[C@H](C)C12. The van der Waals surface area contributed by atoms with Gasteiger partial charge in [-0.05, 0) is 18.4 Å². The Balaban J connectivity index is 1.18. The van der Waals surface area contributed by atoms with E-state index in [1.165, 1.54) is 34.3 Å². The predicted octanol–water partition coefficient (Wildman–Crippen LogP) is 1.74. The van der Waals surface area contributed by atoms with Crippen molar-refractivity contribution in [2.75, 3.05) is 18.0 Å². The van der Waals surface area contributed by atoms with E-state index in [9.17, 15) is 24.6 Å². The number of thioether (sulfide) groups is 1. The maximum absolute atomic E-state index is 12.5. The van der Waals surface area contributed by atoms with E-state index in [4.69, 9.17) is 4.42 Å². The smallest absolute Gasteiger partial charge is 0.353 e. The Bertz CT molecular complexity index is 1150. The second kappa shape index (κ2) is 8.75. The van der Waals surface area contributed by atoms with Gasteiger partial charge in [-0.1, -0.05) is 13.0 Å². The molecule has 3 aliphatic rings. The van der Waals surface area contributed by atoms with Crippen molar-refractivity contribution in [3.05, 3.63) is 44.9 Å². The van der Waals surface area contributed by atoms with Gasteiger partial charge in [-0.25, -0.2) is 4.79 Å². The van der Waals surface area contributed by atoms with Crippen LogP contribution in [0.4, 0.5) is 6.01 Å². The molecule has 0 spiro atoms. The molecule has 5 rings (SSSR count). The molecule has 0 saturated carbocycles. The summed E-state index contributed by atoms with van der Waals surface area (Å²) in [5.74, 6) is -2.32. The molecule has 5 heterocycles. The predicted molar refractivity (Wildman–Crippen MR) is 125 cm³/mol. The number of carbonyl (C=O) groups excluding carboxylic acids is 2. The number of thiophene rings is 1. The van der Waals surface area contributed by atoms with Crippen molar-refractivity contribution in [3.63, 3.8) is 0 Å². The van der Waals surface area contributed by atoms with Crippen molar-refractivity contribution < 1.29 is 29.0 Å². The minimum absolute atomic E-state index is 0.0442. The molecule has 12 heteroatoms. The average Bonchev–Trinajstić information content (AvgIpc) is 3.48. The van der Waals surface area contributed by atoms with Crippen LogP contribution in [0.2, 0.25) is 0 Å². The molecule has 2 aromatic heterocycles. The molecule has 0 aliphatic carbocycles.